The molecule has 2 aliphatic rings. The zero-order valence-corrected chi connectivity index (χ0v) is 5.24. The smallest absolute Gasteiger partial charge is 0.0307 e. The van der Waals surface area contributed by atoms with Crippen LogP contribution in [0.25, 0.3) is 0 Å². The Morgan fingerprint density at radius 2 is 1.62 bits per heavy atom. The van der Waals surface area contributed by atoms with Gasteiger partial charge < -0.3 is 5.32 Å². The minimum atomic E-state index is 0.679. The summed E-state index contributed by atoms with van der Waals surface area (Å²) < 4.78 is 0. The van der Waals surface area contributed by atoms with Crippen molar-refractivity contribution in [3.8, 4) is 0 Å². The molecule has 1 N–H and O–H groups in total. The summed E-state index contributed by atoms with van der Waals surface area (Å²) >= 11 is 0. The summed E-state index contributed by atoms with van der Waals surface area (Å²) in [6.45, 7) is 1.31. The molecule has 1 heteroatoms. The van der Waals surface area contributed by atoms with E-state index in [2.05, 4.69) is 5.32 Å². The van der Waals surface area contributed by atoms with Gasteiger partial charge in [-0.25, -0.2) is 0 Å². The van der Waals surface area contributed by atoms with E-state index in [-0.39, 0.29) is 0 Å². The van der Waals surface area contributed by atoms with Crippen molar-refractivity contribution in [3.05, 3.63) is 0 Å². The largest absolute Gasteiger partial charge is 0.308 e. The number of hydrogen-bond donors (Lipinski definition) is 1. The van der Waals surface area contributed by atoms with Crippen molar-refractivity contribution < 1.29 is 0 Å². The molecule has 0 unspecified atom stereocenters. The molecule has 1 saturated heterocycles. The molecular formula is C7H13N. The fourth-order valence-corrected chi connectivity index (χ4v) is 1.71. The highest BCUT2D eigenvalue weighted by Crippen LogP contribution is 2.34. The Morgan fingerprint density at radius 3 is 2.00 bits per heavy atom. The van der Waals surface area contributed by atoms with E-state index in [1.54, 1.807) is 0 Å². The summed E-state index contributed by atoms with van der Waals surface area (Å²) in [5, 5.41) is 3.45. The molecule has 2 rings (SSSR count). The van der Waals surface area contributed by atoms with Gasteiger partial charge in [0.25, 0.3) is 0 Å². The molecule has 0 aromatic carbocycles. The highest BCUT2D eigenvalue weighted by atomic mass is 15.2. The van der Waals surface area contributed by atoms with E-state index >= 15 is 0 Å². The maximum Gasteiger partial charge on any atom is 0.0307 e. The molecule has 0 aromatic heterocycles. The molecule has 0 amide bonds. The highest BCUT2D eigenvalue weighted by molar-refractivity contribution is 5.04. The van der Waals surface area contributed by atoms with Crippen LogP contribution in [0.5, 0.6) is 0 Å². The Kier molecular flexibility index (Phi) is 0.884. The van der Waals surface area contributed by atoms with Crippen LogP contribution in [0.4, 0.5) is 0 Å². The maximum absolute atomic E-state index is 3.45. The minimum absolute atomic E-state index is 0.679. The van der Waals surface area contributed by atoms with Gasteiger partial charge in [-0.05, 0) is 12.8 Å². The Labute approximate surface area is 50.5 Å². The molecule has 2 fully saturated rings. The molecule has 1 aliphatic heterocycles. The van der Waals surface area contributed by atoms with Crippen LogP contribution in [0.1, 0.15) is 32.1 Å². The Morgan fingerprint density at radius 1 is 1.00 bits per heavy atom. The molecule has 0 atom stereocenters. The molecule has 0 aromatic rings. The van der Waals surface area contributed by atoms with Crippen LogP contribution in [0.15, 0.2) is 0 Å². The molecule has 1 saturated carbocycles. The molecule has 1 spiro atoms. The average Bonchev–Trinajstić information content (AvgIpc) is 2.52. The zero-order chi connectivity index (χ0) is 5.45. The molecule has 0 radical (unpaired) electrons. The van der Waals surface area contributed by atoms with E-state index in [0.717, 1.165) is 0 Å². The molecule has 1 heterocycles. The van der Waals surface area contributed by atoms with Gasteiger partial charge in [0.15, 0.2) is 0 Å². The molecule has 1 nitrogen and oxygen atoms in total. The van der Waals surface area contributed by atoms with Crippen LogP contribution in [0.2, 0.25) is 0 Å². The predicted molar refractivity (Wildman–Crippen MR) is 33.8 cm³/mol. The Hall–Kier alpha value is -0.0400. The zero-order valence-electron chi connectivity index (χ0n) is 5.24. The quantitative estimate of drug-likeness (QED) is 0.467. The molecular weight excluding hydrogens is 98.1 g/mol. The summed E-state index contributed by atoms with van der Waals surface area (Å²) in [4.78, 5) is 0. The number of hydrogen-bond acceptors (Lipinski definition) is 1. The molecule has 46 valence electrons. The Balaban J connectivity index is 1.95. The lowest BCUT2D eigenvalue weighted by molar-refractivity contribution is 0.411. The van der Waals surface area contributed by atoms with Crippen molar-refractivity contribution in [1.29, 1.82) is 0 Å². The topological polar surface area (TPSA) is 21.9 Å². The maximum atomic E-state index is 3.45. The van der Waals surface area contributed by atoms with Gasteiger partial charge in [0.05, 0.1) is 0 Å². The van der Waals surface area contributed by atoms with Crippen LogP contribution < -0.4 is 5.32 Å². The second-order valence-corrected chi connectivity index (χ2v) is 3.19. The first-order chi connectivity index (χ1) is 3.91. The second-order valence-electron chi connectivity index (χ2n) is 3.19. The number of nitrogens with one attached hydrogen (secondary N) is 1. The molecule has 1 aliphatic carbocycles. The third-order valence-corrected chi connectivity index (χ3v) is 2.49. The van der Waals surface area contributed by atoms with Crippen molar-refractivity contribution in [2.24, 2.45) is 0 Å². The Bertz CT molecular complexity index is 86.6. The van der Waals surface area contributed by atoms with E-state index in [1.807, 2.05) is 0 Å². The minimum Gasteiger partial charge on any atom is -0.308 e. The lowest BCUT2D eigenvalue weighted by Crippen LogP contribution is -2.18. The van der Waals surface area contributed by atoms with E-state index in [9.17, 15) is 0 Å². The first-order valence-corrected chi connectivity index (χ1v) is 3.66. The fraction of sp³-hybridized carbons (Fsp3) is 1.00. The SMILES string of the molecule is C1CCC2(CC1)CN2. The van der Waals surface area contributed by atoms with Crippen LogP contribution in [-0.2, 0) is 0 Å². The summed E-state index contributed by atoms with van der Waals surface area (Å²) in [6, 6.07) is 0. The van der Waals surface area contributed by atoms with Gasteiger partial charge in [0.1, 0.15) is 0 Å². The van der Waals surface area contributed by atoms with Crippen molar-refractivity contribution in [1.82, 2.24) is 5.32 Å². The van der Waals surface area contributed by atoms with Crippen LogP contribution in [0, 0.1) is 0 Å². The van der Waals surface area contributed by atoms with Crippen molar-refractivity contribution >= 4 is 0 Å². The van der Waals surface area contributed by atoms with Crippen LogP contribution in [-0.4, -0.2) is 12.1 Å². The second kappa shape index (κ2) is 1.47. The average molecular weight is 111 g/mol. The fourth-order valence-electron chi connectivity index (χ4n) is 1.71. The lowest BCUT2D eigenvalue weighted by Gasteiger charge is -2.18. The van der Waals surface area contributed by atoms with Gasteiger partial charge in [-0.1, -0.05) is 19.3 Å². The van der Waals surface area contributed by atoms with Crippen molar-refractivity contribution in [3.63, 3.8) is 0 Å². The van der Waals surface area contributed by atoms with Gasteiger partial charge in [-0.15, -0.1) is 0 Å². The molecule has 0 bridgehead atoms. The van der Waals surface area contributed by atoms with Crippen molar-refractivity contribution in [2.45, 2.75) is 37.6 Å². The van der Waals surface area contributed by atoms with Crippen LogP contribution in [0.3, 0.4) is 0 Å². The van der Waals surface area contributed by atoms with Gasteiger partial charge in [0.2, 0.25) is 0 Å². The van der Waals surface area contributed by atoms with E-state index in [4.69, 9.17) is 0 Å². The summed E-state index contributed by atoms with van der Waals surface area (Å²) in [7, 11) is 0. The third kappa shape index (κ3) is 0.655. The normalized spacial score (nSPS) is 33.0. The van der Waals surface area contributed by atoms with Gasteiger partial charge in [0, 0.05) is 12.1 Å². The van der Waals surface area contributed by atoms with E-state index in [1.165, 1.54) is 38.6 Å². The van der Waals surface area contributed by atoms with Gasteiger partial charge >= 0.3 is 0 Å². The summed E-state index contributed by atoms with van der Waals surface area (Å²) in [5.74, 6) is 0. The standard InChI is InChI=1S/C7H13N/c1-2-4-7(5-3-1)6-8-7/h8H,1-6H2. The first-order valence-electron chi connectivity index (χ1n) is 3.66. The summed E-state index contributed by atoms with van der Waals surface area (Å²) in [5.41, 5.74) is 0.679. The monoisotopic (exact) mass is 111 g/mol. The van der Waals surface area contributed by atoms with Gasteiger partial charge in [-0.2, -0.15) is 0 Å². The highest BCUT2D eigenvalue weighted by Gasteiger charge is 2.41. The van der Waals surface area contributed by atoms with E-state index in [0.29, 0.717) is 5.54 Å². The van der Waals surface area contributed by atoms with Crippen molar-refractivity contribution in [2.75, 3.05) is 6.54 Å². The lowest BCUT2D eigenvalue weighted by atomic mass is 9.89. The van der Waals surface area contributed by atoms with Gasteiger partial charge in [-0.3, -0.25) is 0 Å². The van der Waals surface area contributed by atoms with Crippen LogP contribution >= 0.6 is 0 Å². The first kappa shape index (κ1) is 4.80. The predicted octanol–water partition coefficient (Wildman–Crippen LogP) is 1.29. The number of rotatable bonds is 0. The van der Waals surface area contributed by atoms with E-state index < -0.39 is 0 Å². The molecule has 8 heavy (non-hydrogen) atoms. The third-order valence-electron chi connectivity index (χ3n) is 2.49. The summed E-state index contributed by atoms with van der Waals surface area (Å²) in [6.07, 6.45) is 7.31.